The van der Waals surface area contributed by atoms with Gasteiger partial charge in [-0.25, -0.2) is 4.98 Å². The molecule has 1 heterocycles. The van der Waals surface area contributed by atoms with Gasteiger partial charge in [0.05, 0.1) is 35.8 Å². The number of halogens is 1. The van der Waals surface area contributed by atoms with E-state index in [1.54, 1.807) is 44.6 Å². The number of para-hydroxylation sites is 1. The molecule has 0 saturated carbocycles. The minimum atomic E-state index is -0.205. The Labute approximate surface area is 166 Å². The number of aromatic nitrogens is 2. The largest absolute Gasteiger partial charge is 0.497 e. The molecule has 140 valence electrons. The molecule has 1 aromatic heterocycles. The summed E-state index contributed by atoms with van der Waals surface area (Å²) in [5.74, 6) is 1.56. The topological polar surface area (TPSA) is 53.4 Å². The van der Waals surface area contributed by atoms with Crippen LogP contribution in [-0.4, -0.2) is 23.8 Å². The van der Waals surface area contributed by atoms with Crippen LogP contribution in [-0.2, 0) is 0 Å². The summed E-state index contributed by atoms with van der Waals surface area (Å²) in [6.45, 7) is 0. The molecule has 0 saturated heterocycles. The van der Waals surface area contributed by atoms with E-state index in [2.05, 4.69) is 0 Å². The summed E-state index contributed by atoms with van der Waals surface area (Å²) >= 11 is 6.44. The zero-order valence-corrected chi connectivity index (χ0v) is 16.1. The molecule has 5 nitrogen and oxygen atoms in total. The zero-order valence-electron chi connectivity index (χ0n) is 15.3. The molecule has 3 aromatic carbocycles. The molecule has 4 rings (SSSR count). The minimum Gasteiger partial charge on any atom is -0.497 e. The Balaban J connectivity index is 2.13. The third kappa shape index (κ3) is 3.00. The highest BCUT2D eigenvalue weighted by Crippen LogP contribution is 2.33. The normalized spacial score (nSPS) is 10.8. The Kier molecular flexibility index (Phi) is 4.75. The maximum Gasteiger partial charge on any atom is 0.266 e. The second-order valence-electron chi connectivity index (χ2n) is 6.11. The van der Waals surface area contributed by atoms with Gasteiger partial charge in [0.15, 0.2) is 0 Å². The van der Waals surface area contributed by atoms with Crippen LogP contribution in [0.15, 0.2) is 71.5 Å². The van der Waals surface area contributed by atoms with Gasteiger partial charge >= 0.3 is 0 Å². The van der Waals surface area contributed by atoms with Crippen molar-refractivity contribution in [1.29, 1.82) is 0 Å². The molecule has 0 radical (unpaired) electrons. The fraction of sp³-hybridized carbons (Fsp3) is 0.0909. The van der Waals surface area contributed by atoms with Gasteiger partial charge in [0.1, 0.15) is 17.3 Å². The van der Waals surface area contributed by atoms with Gasteiger partial charge in [-0.3, -0.25) is 9.36 Å². The Morgan fingerprint density at radius 1 is 0.929 bits per heavy atom. The molecule has 0 spiro atoms. The third-order valence-corrected chi connectivity index (χ3v) is 4.85. The molecule has 0 atom stereocenters. The molecule has 0 aliphatic rings. The Bertz CT molecular complexity index is 1230. The molecule has 0 aliphatic heterocycles. The highest BCUT2D eigenvalue weighted by molar-refractivity contribution is 6.33. The highest BCUT2D eigenvalue weighted by Gasteiger charge is 2.19. The molecule has 4 aromatic rings. The number of fused-ring (bicyclic) bond motifs is 1. The van der Waals surface area contributed by atoms with Crippen LogP contribution in [0.1, 0.15) is 0 Å². The van der Waals surface area contributed by atoms with E-state index < -0.39 is 0 Å². The second kappa shape index (κ2) is 7.37. The first-order chi connectivity index (χ1) is 13.6. The summed E-state index contributed by atoms with van der Waals surface area (Å²) in [5.41, 5.74) is 1.61. The lowest BCUT2D eigenvalue weighted by atomic mass is 10.1. The Morgan fingerprint density at radius 3 is 2.43 bits per heavy atom. The smallest absolute Gasteiger partial charge is 0.266 e. The number of benzene rings is 3. The van der Waals surface area contributed by atoms with Crippen molar-refractivity contribution in [1.82, 2.24) is 9.55 Å². The monoisotopic (exact) mass is 392 g/mol. The summed E-state index contributed by atoms with van der Waals surface area (Å²) in [6.07, 6.45) is 0. The lowest BCUT2D eigenvalue weighted by Gasteiger charge is -2.17. The predicted molar refractivity (Wildman–Crippen MR) is 111 cm³/mol. The third-order valence-electron chi connectivity index (χ3n) is 4.52. The van der Waals surface area contributed by atoms with E-state index in [1.165, 1.54) is 4.57 Å². The van der Waals surface area contributed by atoms with E-state index in [0.717, 1.165) is 0 Å². The fourth-order valence-electron chi connectivity index (χ4n) is 3.15. The minimum absolute atomic E-state index is 0.205. The quantitative estimate of drug-likeness (QED) is 0.504. The molecule has 0 N–H and O–H groups in total. The fourth-order valence-corrected chi connectivity index (χ4v) is 3.37. The van der Waals surface area contributed by atoms with Crippen LogP contribution in [0.2, 0.25) is 5.02 Å². The van der Waals surface area contributed by atoms with E-state index in [4.69, 9.17) is 26.1 Å². The summed E-state index contributed by atoms with van der Waals surface area (Å²) < 4.78 is 12.3. The van der Waals surface area contributed by atoms with Crippen LogP contribution in [0, 0.1) is 0 Å². The van der Waals surface area contributed by atoms with E-state index in [9.17, 15) is 4.79 Å². The van der Waals surface area contributed by atoms with Gasteiger partial charge in [0.2, 0.25) is 0 Å². The van der Waals surface area contributed by atoms with Crippen molar-refractivity contribution >= 4 is 22.5 Å². The van der Waals surface area contributed by atoms with Gasteiger partial charge in [-0.1, -0.05) is 35.9 Å². The van der Waals surface area contributed by atoms with Crippen molar-refractivity contribution in [2.45, 2.75) is 0 Å². The number of ether oxygens (including phenoxy) is 2. The first-order valence-electron chi connectivity index (χ1n) is 8.63. The Morgan fingerprint density at radius 2 is 1.68 bits per heavy atom. The molecule has 0 unspecified atom stereocenters. The van der Waals surface area contributed by atoms with Crippen molar-refractivity contribution in [3.05, 3.63) is 82.1 Å². The maximum atomic E-state index is 13.5. The van der Waals surface area contributed by atoms with Crippen molar-refractivity contribution < 1.29 is 9.47 Å². The van der Waals surface area contributed by atoms with Gasteiger partial charge in [-0.15, -0.1) is 0 Å². The molecule has 0 fully saturated rings. The molecule has 0 aliphatic carbocycles. The van der Waals surface area contributed by atoms with Crippen molar-refractivity contribution in [3.8, 4) is 28.6 Å². The van der Waals surface area contributed by atoms with Gasteiger partial charge < -0.3 is 9.47 Å². The summed E-state index contributed by atoms with van der Waals surface area (Å²) in [5, 5.41) is 1.02. The van der Waals surface area contributed by atoms with Gasteiger partial charge in [-0.2, -0.15) is 0 Å². The summed E-state index contributed by atoms with van der Waals surface area (Å²) in [6, 6.07) is 19.8. The van der Waals surface area contributed by atoms with Gasteiger partial charge in [-0.05, 0) is 36.4 Å². The van der Waals surface area contributed by atoms with Crippen LogP contribution in [0.4, 0.5) is 0 Å². The van der Waals surface area contributed by atoms with E-state index in [-0.39, 0.29) is 5.56 Å². The number of methoxy groups -OCH3 is 2. The molecular formula is C22H17ClN2O3. The van der Waals surface area contributed by atoms with Crippen molar-refractivity contribution in [3.63, 3.8) is 0 Å². The molecular weight excluding hydrogens is 376 g/mol. The van der Waals surface area contributed by atoms with Crippen LogP contribution >= 0.6 is 11.6 Å². The summed E-state index contributed by atoms with van der Waals surface area (Å²) in [4.78, 5) is 18.2. The van der Waals surface area contributed by atoms with Crippen LogP contribution in [0.25, 0.3) is 28.0 Å². The SMILES string of the molecule is COc1ccc(-n2c(-c3ccccc3Cl)nc3ccccc3c2=O)c(OC)c1. The molecule has 0 amide bonds. The number of nitrogens with zero attached hydrogens (tertiary/aromatic N) is 2. The highest BCUT2D eigenvalue weighted by atomic mass is 35.5. The van der Waals surface area contributed by atoms with Crippen LogP contribution in [0.3, 0.4) is 0 Å². The van der Waals surface area contributed by atoms with Gasteiger partial charge in [0, 0.05) is 11.6 Å². The second-order valence-corrected chi connectivity index (χ2v) is 6.52. The number of rotatable bonds is 4. The Hall–Kier alpha value is -3.31. The van der Waals surface area contributed by atoms with Crippen LogP contribution in [0.5, 0.6) is 11.5 Å². The average Bonchev–Trinajstić information content (AvgIpc) is 2.74. The van der Waals surface area contributed by atoms with E-state index in [1.807, 2.05) is 36.4 Å². The van der Waals surface area contributed by atoms with Crippen molar-refractivity contribution in [2.24, 2.45) is 0 Å². The van der Waals surface area contributed by atoms with Crippen molar-refractivity contribution in [2.75, 3.05) is 14.2 Å². The van der Waals surface area contributed by atoms with Crippen LogP contribution < -0.4 is 15.0 Å². The maximum absolute atomic E-state index is 13.5. The lowest BCUT2D eigenvalue weighted by Crippen LogP contribution is -2.22. The van der Waals surface area contributed by atoms with E-state index in [0.29, 0.717) is 44.5 Å². The molecule has 0 bridgehead atoms. The predicted octanol–water partition coefficient (Wildman–Crippen LogP) is 4.72. The average molecular weight is 393 g/mol. The molecule has 6 heteroatoms. The zero-order chi connectivity index (χ0) is 19.7. The first kappa shape index (κ1) is 18.1. The van der Waals surface area contributed by atoms with E-state index >= 15 is 0 Å². The summed E-state index contributed by atoms with van der Waals surface area (Å²) in [7, 11) is 3.13. The molecule has 28 heavy (non-hydrogen) atoms. The number of hydrogen-bond donors (Lipinski definition) is 0. The number of hydrogen-bond acceptors (Lipinski definition) is 4. The first-order valence-corrected chi connectivity index (χ1v) is 9.01. The lowest BCUT2D eigenvalue weighted by molar-refractivity contribution is 0.393. The van der Waals surface area contributed by atoms with Gasteiger partial charge in [0.25, 0.3) is 5.56 Å². The standard InChI is InChI=1S/C22H17ClN2O3/c1-27-14-11-12-19(20(13-14)28-2)25-21(15-7-3-5-9-17(15)23)24-18-10-6-4-8-16(18)22(25)26/h3-13H,1-2H3.